The van der Waals surface area contributed by atoms with Crippen LogP contribution >= 0.6 is 0 Å². The van der Waals surface area contributed by atoms with Crippen molar-refractivity contribution in [2.75, 3.05) is 12.5 Å². The van der Waals surface area contributed by atoms with E-state index in [0.29, 0.717) is 19.0 Å². The summed E-state index contributed by atoms with van der Waals surface area (Å²) in [5.41, 5.74) is 4.53. The van der Waals surface area contributed by atoms with Crippen LogP contribution in [0.3, 0.4) is 0 Å². The van der Waals surface area contributed by atoms with E-state index in [1.165, 1.54) is 0 Å². The number of nitrogen functional groups attached to an aromatic ring is 1. The maximum Gasteiger partial charge on any atom is 0.146 e. The molecule has 5 heteroatoms. The van der Waals surface area contributed by atoms with E-state index in [1.54, 1.807) is 13.3 Å². The lowest BCUT2D eigenvalue weighted by molar-refractivity contribution is 0.184. The third-order valence-corrected chi connectivity index (χ3v) is 2.63. The molecule has 0 amide bonds. The van der Waals surface area contributed by atoms with Crippen LogP contribution in [0.15, 0.2) is 42.6 Å². The number of rotatable bonds is 6. The Hall–Kier alpha value is -2.11. The molecule has 0 radical (unpaired) electrons. The highest BCUT2D eigenvalue weighted by atomic mass is 16.5. The van der Waals surface area contributed by atoms with Gasteiger partial charge in [-0.25, -0.2) is 10.8 Å². The van der Waals surface area contributed by atoms with Gasteiger partial charge in [-0.15, -0.1) is 0 Å². The molecule has 0 fully saturated rings. The number of nitrogens with one attached hydrogen (secondary N) is 1. The number of hydrogen-bond donors (Lipinski definition) is 2. The Labute approximate surface area is 112 Å². The summed E-state index contributed by atoms with van der Waals surface area (Å²) in [5, 5.41) is 0. The second kappa shape index (κ2) is 6.72. The van der Waals surface area contributed by atoms with E-state index in [4.69, 9.17) is 15.3 Å². The molecular formula is C14H17N3O2. The summed E-state index contributed by atoms with van der Waals surface area (Å²) < 4.78 is 10.8. The van der Waals surface area contributed by atoms with E-state index in [1.807, 2.05) is 36.4 Å². The highest BCUT2D eigenvalue weighted by Crippen LogP contribution is 2.17. The standard InChI is InChI=1S/C14H17N3O2/c1-18-9-11-4-2-6-13(8-11)19-10-12-5-3-7-16-14(12)17-15/h2-8H,9-10,15H2,1H3,(H,16,17). The summed E-state index contributed by atoms with van der Waals surface area (Å²) in [5.74, 6) is 6.81. The van der Waals surface area contributed by atoms with Gasteiger partial charge in [0.15, 0.2) is 0 Å². The zero-order valence-corrected chi connectivity index (χ0v) is 10.8. The summed E-state index contributed by atoms with van der Waals surface area (Å²) in [6, 6.07) is 11.6. The van der Waals surface area contributed by atoms with Gasteiger partial charge in [0.05, 0.1) is 6.61 Å². The van der Waals surface area contributed by atoms with E-state index in [9.17, 15) is 0 Å². The predicted molar refractivity (Wildman–Crippen MR) is 73.5 cm³/mol. The first-order chi connectivity index (χ1) is 9.33. The fraction of sp³-hybridized carbons (Fsp3) is 0.214. The zero-order valence-electron chi connectivity index (χ0n) is 10.8. The number of hydrogen-bond acceptors (Lipinski definition) is 5. The summed E-state index contributed by atoms with van der Waals surface area (Å²) in [4.78, 5) is 4.12. The minimum atomic E-state index is 0.407. The van der Waals surface area contributed by atoms with Gasteiger partial charge in [-0.05, 0) is 23.8 Å². The highest BCUT2D eigenvalue weighted by Gasteiger charge is 2.03. The van der Waals surface area contributed by atoms with Crippen LogP contribution in [0.2, 0.25) is 0 Å². The first kappa shape index (κ1) is 13.3. The van der Waals surface area contributed by atoms with Gasteiger partial charge in [-0.3, -0.25) is 0 Å². The van der Waals surface area contributed by atoms with Crippen LogP contribution in [-0.2, 0) is 18.0 Å². The van der Waals surface area contributed by atoms with Crippen LogP contribution in [0, 0.1) is 0 Å². The summed E-state index contributed by atoms with van der Waals surface area (Å²) >= 11 is 0. The number of aromatic nitrogens is 1. The Morgan fingerprint density at radius 2 is 2.11 bits per heavy atom. The highest BCUT2D eigenvalue weighted by molar-refractivity contribution is 5.42. The fourth-order valence-electron chi connectivity index (χ4n) is 1.74. The predicted octanol–water partition coefficient (Wildman–Crippen LogP) is 2.09. The second-order valence-electron chi connectivity index (χ2n) is 4.02. The number of hydrazine groups is 1. The maximum atomic E-state index is 5.73. The van der Waals surface area contributed by atoms with E-state index in [2.05, 4.69) is 10.4 Å². The van der Waals surface area contributed by atoms with E-state index >= 15 is 0 Å². The lowest BCUT2D eigenvalue weighted by atomic mass is 10.2. The second-order valence-corrected chi connectivity index (χ2v) is 4.02. The molecule has 0 saturated heterocycles. The van der Waals surface area contributed by atoms with Gasteiger partial charge in [-0.1, -0.05) is 18.2 Å². The SMILES string of the molecule is COCc1cccc(OCc2cccnc2NN)c1. The molecular weight excluding hydrogens is 242 g/mol. The largest absolute Gasteiger partial charge is 0.489 e. The van der Waals surface area contributed by atoms with Crippen LogP contribution < -0.4 is 16.0 Å². The lowest BCUT2D eigenvalue weighted by Crippen LogP contribution is -2.12. The zero-order chi connectivity index (χ0) is 13.5. The normalized spacial score (nSPS) is 10.2. The molecule has 5 nitrogen and oxygen atoms in total. The number of ether oxygens (including phenoxy) is 2. The lowest BCUT2D eigenvalue weighted by Gasteiger charge is -2.10. The molecule has 0 aliphatic rings. The average molecular weight is 259 g/mol. The molecule has 1 aromatic carbocycles. The van der Waals surface area contributed by atoms with Gasteiger partial charge in [0.1, 0.15) is 18.2 Å². The van der Waals surface area contributed by atoms with Crippen molar-refractivity contribution in [2.24, 2.45) is 5.84 Å². The maximum absolute atomic E-state index is 5.73. The summed E-state index contributed by atoms with van der Waals surface area (Å²) in [6.07, 6.45) is 1.68. The number of nitrogens with two attached hydrogens (primary N) is 1. The molecule has 1 heterocycles. The molecule has 2 aromatic rings. The van der Waals surface area contributed by atoms with E-state index in [-0.39, 0.29) is 0 Å². The van der Waals surface area contributed by atoms with Crippen molar-refractivity contribution < 1.29 is 9.47 Å². The smallest absolute Gasteiger partial charge is 0.146 e. The van der Waals surface area contributed by atoms with Crippen LogP contribution in [0.4, 0.5) is 5.82 Å². The molecule has 19 heavy (non-hydrogen) atoms. The number of nitrogens with zero attached hydrogens (tertiary/aromatic N) is 1. The van der Waals surface area contributed by atoms with Crippen molar-refractivity contribution in [1.82, 2.24) is 4.98 Å². The van der Waals surface area contributed by atoms with Gasteiger partial charge >= 0.3 is 0 Å². The molecule has 0 saturated carbocycles. The minimum absolute atomic E-state index is 0.407. The topological polar surface area (TPSA) is 69.4 Å². The van der Waals surface area contributed by atoms with E-state index in [0.717, 1.165) is 16.9 Å². The van der Waals surface area contributed by atoms with Crippen molar-refractivity contribution in [3.63, 3.8) is 0 Å². The molecule has 0 aliphatic heterocycles. The minimum Gasteiger partial charge on any atom is -0.489 e. The van der Waals surface area contributed by atoms with Gasteiger partial charge in [0.2, 0.25) is 0 Å². The number of pyridine rings is 1. The third kappa shape index (κ3) is 3.67. The van der Waals surface area contributed by atoms with Crippen LogP contribution in [0.5, 0.6) is 5.75 Å². The van der Waals surface area contributed by atoms with Crippen molar-refractivity contribution in [1.29, 1.82) is 0 Å². The van der Waals surface area contributed by atoms with Crippen LogP contribution in [0.1, 0.15) is 11.1 Å². The molecule has 0 atom stereocenters. The number of methoxy groups -OCH3 is 1. The third-order valence-electron chi connectivity index (χ3n) is 2.63. The van der Waals surface area contributed by atoms with Crippen LogP contribution in [0.25, 0.3) is 0 Å². The van der Waals surface area contributed by atoms with Gasteiger partial charge in [0, 0.05) is 18.9 Å². The van der Waals surface area contributed by atoms with Crippen LogP contribution in [-0.4, -0.2) is 12.1 Å². The molecule has 3 N–H and O–H groups in total. The van der Waals surface area contributed by atoms with Crippen molar-refractivity contribution in [3.8, 4) is 5.75 Å². The molecule has 100 valence electrons. The Kier molecular flexibility index (Phi) is 4.72. The van der Waals surface area contributed by atoms with Gasteiger partial charge < -0.3 is 14.9 Å². The first-order valence-electron chi connectivity index (χ1n) is 5.94. The van der Waals surface area contributed by atoms with Crippen molar-refractivity contribution in [3.05, 3.63) is 53.7 Å². The quantitative estimate of drug-likeness (QED) is 0.614. The monoisotopic (exact) mass is 259 g/mol. The molecule has 2 rings (SSSR count). The Morgan fingerprint density at radius 1 is 1.21 bits per heavy atom. The fourth-order valence-corrected chi connectivity index (χ4v) is 1.74. The van der Waals surface area contributed by atoms with Gasteiger partial charge in [-0.2, -0.15) is 0 Å². The number of benzene rings is 1. The molecule has 0 bridgehead atoms. The Morgan fingerprint density at radius 3 is 2.89 bits per heavy atom. The molecule has 1 aromatic heterocycles. The average Bonchev–Trinajstić information content (AvgIpc) is 2.46. The summed E-state index contributed by atoms with van der Waals surface area (Å²) in [6.45, 7) is 0.976. The van der Waals surface area contributed by atoms with E-state index < -0.39 is 0 Å². The molecule has 0 spiro atoms. The number of anilines is 1. The molecule has 0 unspecified atom stereocenters. The van der Waals surface area contributed by atoms with Crippen molar-refractivity contribution in [2.45, 2.75) is 13.2 Å². The summed E-state index contributed by atoms with van der Waals surface area (Å²) in [7, 11) is 1.67. The van der Waals surface area contributed by atoms with Gasteiger partial charge in [0.25, 0.3) is 0 Å². The molecule has 0 aliphatic carbocycles. The first-order valence-corrected chi connectivity index (χ1v) is 5.94. The van der Waals surface area contributed by atoms with Crippen molar-refractivity contribution >= 4 is 5.82 Å². The Bertz CT molecular complexity index is 532. The Balaban J connectivity index is 2.03.